The highest BCUT2D eigenvalue weighted by atomic mass is 35.5. The highest BCUT2D eigenvalue weighted by molar-refractivity contribution is 6.34. The lowest BCUT2D eigenvalue weighted by Crippen LogP contribution is -2.49. The van der Waals surface area contributed by atoms with Gasteiger partial charge in [0.15, 0.2) is 0 Å². The van der Waals surface area contributed by atoms with E-state index in [0.29, 0.717) is 6.61 Å². The molecule has 6 heteroatoms. The number of ether oxygens (including phenoxy) is 1. The molecule has 0 spiro atoms. The van der Waals surface area contributed by atoms with Crippen LogP contribution in [0, 0.1) is 5.92 Å². The van der Waals surface area contributed by atoms with Crippen LogP contribution in [0.1, 0.15) is 19.3 Å². The fraction of sp³-hybridized carbons (Fsp3) is 0.562. The number of fused-ring (bicyclic) bond motifs is 1. The molecule has 1 aromatic carbocycles. The average molecular weight is 322 g/mol. The van der Waals surface area contributed by atoms with Crippen molar-refractivity contribution in [3.8, 4) is 0 Å². The van der Waals surface area contributed by atoms with Gasteiger partial charge in [0.05, 0.1) is 34.6 Å². The molecule has 22 heavy (non-hydrogen) atoms. The summed E-state index contributed by atoms with van der Waals surface area (Å²) in [5.74, 6) is 0.278. The lowest BCUT2D eigenvalue weighted by atomic mass is 9.79. The Balaban J connectivity index is 1.53. The smallest absolute Gasteiger partial charge is 0.0732 e. The Hall–Kier alpha value is -1.30. The molecule has 2 N–H and O–H groups in total. The van der Waals surface area contributed by atoms with Gasteiger partial charge in [-0.3, -0.25) is 5.10 Å². The second kappa shape index (κ2) is 5.41. The van der Waals surface area contributed by atoms with Crippen molar-refractivity contribution in [3.63, 3.8) is 0 Å². The molecule has 0 radical (unpaired) electrons. The summed E-state index contributed by atoms with van der Waals surface area (Å²) in [6, 6.07) is 4.00. The van der Waals surface area contributed by atoms with Crippen molar-refractivity contribution in [2.45, 2.75) is 24.9 Å². The van der Waals surface area contributed by atoms with E-state index >= 15 is 0 Å². The summed E-state index contributed by atoms with van der Waals surface area (Å²) in [4.78, 5) is 2.26. The molecule has 1 aromatic heterocycles. The minimum absolute atomic E-state index is 0.278. The van der Waals surface area contributed by atoms with Gasteiger partial charge in [-0.05, 0) is 31.4 Å². The number of benzene rings is 1. The van der Waals surface area contributed by atoms with Gasteiger partial charge in [0.2, 0.25) is 0 Å². The van der Waals surface area contributed by atoms with Crippen LogP contribution in [0.3, 0.4) is 0 Å². The van der Waals surface area contributed by atoms with Crippen LogP contribution in [0.4, 0.5) is 5.69 Å². The second-order valence-corrected chi connectivity index (χ2v) is 6.82. The Morgan fingerprint density at radius 3 is 2.91 bits per heavy atom. The van der Waals surface area contributed by atoms with E-state index in [2.05, 4.69) is 15.1 Å². The Morgan fingerprint density at radius 2 is 2.18 bits per heavy atom. The van der Waals surface area contributed by atoms with Crippen molar-refractivity contribution in [2.24, 2.45) is 5.92 Å². The predicted molar refractivity (Wildman–Crippen MR) is 86.4 cm³/mol. The van der Waals surface area contributed by atoms with Gasteiger partial charge in [-0.2, -0.15) is 5.10 Å². The summed E-state index contributed by atoms with van der Waals surface area (Å²) in [6.45, 7) is 3.09. The first-order valence-corrected chi connectivity index (χ1v) is 8.21. The molecule has 0 bridgehead atoms. The summed E-state index contributed by atoms with van der Waals surface area (Å²) >= 11 is 6.43. The lowest BCUT2D eigenvalue weighted by Gasteiger charge is -2.42. The van der Waals surface area contributed by atoms with Crippen LogP contribution >= 0.6 is 11.6 Å². The molecule has 0 amide bonds. The van der Waals surface area contributed by atoms with Crippen molar-refractivity contribution >= 4 is 28.2 Å². The maximum atomic E-state index is 10.9. The van der Waals surface area contributed by atoms with E-state index in [0.717, 1.165) is 60.6 Å². The van der Waals surface area contributed by atoms with E-state index in [4.69, 9.17) is 16.3 Å². The van der Waals surface area contributed by atoms with E-state index in [1.807, 2.05) is 12.1 Å². The minimum atomic E-state index is -0.586. The van der Waals surface area contributed by atoms with E-state index in [9.17, 15) is 5.11 Å². The van der Waals surface area contributed by atoms with Crippen LogP contribution in [-0.2, 0) is 4.74 Å². The van der Waals surface area contributed by atoms with Gasteiger partial charge in [0, 0.05) is 31.0 Å². The molecular weight excluding hydrogens is 302 g/mol. The van der Waals surface area contributed by atoms with Gasteiger partial charge in [-0.25, -0.2) is 0 Å². The average Bonchev–Trinajstić information content (AvgIpc) is 3.18. The quantitative estimate of drug-likeness (QED) is 0.892. The van der Waals surface area contributed by atoms with Crippen molar-refractivity contribution in [1.29, 1.82) is 0 Å². The molecule has 4 rings (SSSR count). The summed E-state index contributed by atoms with van der Waals surface area (Å²) in [6.07, 6.45) is 4.27. The predicted octanol–water partition coefficient (Wildman–Crippen LogP) is 2.58. The number of nitrogens with zero attached hydrogens (tertiary/aromatic N) is 2. The van der Waals surface area contributed by atoms with Crippen LogP contribution in [0.2, 0.25) is 5.02 Å². The van der Waals surface area contributed by atoms with Crippen molar-refractivity contribution < 1.29 is 9.84 Å². The molecule has 0 saturated carbocycles. The highest BCUT2D eigenvalue weighted by Crippen LogP contribution is 2.38. The number of H-pyrrole nitrogens is 1. The van der Waals surface area contributed by atoms with Crippen molar-refractivity contribution in [3.05, 3.63) is 23.4 Å². The zero-order valence-electron chi connectivity index (χ0n) is 12.4. The molecular formula is C16H20ClN3O2. The van der Waals surface area contributed by atoms with E-state index in [1.54, 1.807) is 6.20 Å². The number of anilines is 1. The molecule has 118 valence electrons. The number of rotatable bonds is 2. The van der Waals surface area contributed by atoms with Crippen molar-refractivity contribution in [1.82, 2.24) is 10.2 Å². The fourth-order valence-electron chi connectivity index (χ4n) is 3.70. The highest BCUT2D eigenvalue weighted by Gasteiger charge is 2.41. The fourth-order valence-corrected chi connectivity index (χ4v) is 3.99. The number of hydrogen-bond acceptors (Lipinski definition) is 4. The number of nitrogens with one attached hydrogen (secondary N) is 1. The number of aliphatic hydroxyl groups is 1. The van der Waals surface area contributed by atoms with Crippen LogP contribution < -0.4 is 4.90 Å². The summed E-state index contributed by atoms with van der Waals surface area (Å²) in [5.41, 5.74) is 1.42. The molecule has 2 fully saturated rings. The molecule has 2 aliphatic heterocycles. The zero-order valence-corrected chi connectivity index (χ0v) is 13.1. The van der Waals surface area contributed by atoms with Gasteiger partial charge in [0.1, 0.15) is 0 Å². The van der Waals surface area contributed by atoms with Crippen LogP contribution in [0.15, 0.2) is 18.3 Å². The molecule has 1 unspecified atom stereocenters. The van der Waals surface area contributed by atoms with Gasteiger partial charge < -0.3 is 14.7 Å². The molecule has 0 aliphatic carbocycles. The first-order valence-electron chi connectivity index (χ1n) is 7.83. The summed E-state index contributed by atoms with van der Waals surface area (Å²) in [5, 5.41) is 19.7. The first-order chi connectivity index (χ1) is 10.7. The monoisotopic (exact) mass is 321 g/mol. The molecule has 2 aliphatic rings. The molecule has 5 nitrogen and oxygen atoms in total. The third-order valence-corrected chi connectivity index (χ3v) is 5.47. The Kier molecular flexibility index (Phi) is 3.51. The number of halogens is 1. The third-order valence-electron chi connectivity index (χ3n) is 5.17. The maximum Gasteiger partial charge on any atom is 0.0732 e. The summed E-state index contributed by atoms with van der Waals surface area (Å²) in [7, 11) is 0. The van der Waals surface area contributed by atoms with E-state index in [1.165, 1.54) is 0 Å². The van der Waals surface area contributed by atoms with Crippen LogP contribution in [-0.4, -0.2) is 47.2 Å². The topological polar surface area (TPSA) is 61.4 Å². The zero-order chi connectivity index (χ0) is 15.2. The number of piperidine rings is 1. The molecule has 1 atom stereocenters. The van der Waals surface area contributed by atoms with Gasteiger partial charge >= 0.3 is 0 Å². The van der Waals surface area contributed by atoms with Gasteiger partial charge in [-0.1, -0.05) is 11.6 Å². The minimum Gasteiger partial charge on any atom is -0.389 e. The second-order valence-electron chi connectivity index (χ2n) is 6.41. The summed E-state index contributed by atoms with van der Waals surface area (Å²) < 4.78 is 5.44. The molecule has 3 heterocycles. The standard InChI is InChI=1S/C16H20ClN3O2/c17-13-7-11-9-18-19-14(11)8-15(13)20-4-2-16(21,3-5-20)12-1-6-22-10-12/h7-9,12,21H,1-6,10H2,(H,18,19). The number of aromatic amines is 1. The number of aromatic nitrogens is 2. The Bertz CT molecular complexity index is 673. The SMILES string of the molecule is OC1(C2CCOC2)CCN(c2cc3[nH]ncc3cc2Cl)CC1. The van der Waals surface area contributed by atoms with Gasteiger partial charge in [-0.15, -0.1) is 0 Å². The Morgan fingerprint density at radius 1 is 1.36 bits per heavy atom. The van der Waals surface area contributed by atoms with Gasteiger partial charge in [0.25, 0.3) is 0 Å². The number of hydrogen-bond donors (Lipinski definition) is 2. The van der Waals surface area contributed by atoms with Crippen LogP contribution in [0.25, 0.3) is 10.9 Å². The largest absolute Gasteiger partial charge is 0.389 e. The van der Waals surface area contributed by atoms with E-state index in [-0.39, 0.29) is 5.92 Å². The molecule has 2 aromatic rings. The maximum absolute atomic E-state index is 10.9. The van der Waals surface area contributed by atoms with Crippen LogP contribution in [0.5, 0.6) is 0 Å². The molecule has 2 saturated heterocycles. The first kappa shape index (κ1) is 14.3. The lowest BCUT2D eigenvalue weighted by molar-refractivity contribution is -0.0410. The van der Waals surface area contributed by atoms with E-state index < -0.39 is 5.60 Å². The van der Waals surface area contributed by atoms with Crippen molar-refractivity contribution in [2.75, 3.05) is 31.2 Å². The normalized spacial score (nSPS) is 25.0. The third kappa shape index (κ3) is 2.37. The Labute approximate surface area is 134 Å².